The second-order valence-corrected chi connectivity index (χ2v) is 5.75. The van der Waals surface area contributed by atoms with Gasteiger partial charge < -0.3 is 19.4 Å². The van der Waals surface area contributed by atoms with Crippen LogP contribution in [0.3, 0.4) is 0 Å². The van der Waals surface area contributed by atoms with E-state index in [2.05, 4.69) is 28.5 Å². The largest absolute Gasteiger partial charge is 0.454 e. The number of nitrogens with one attached hydrogen (secondary N) is 1. The van der Waals surface area contributed by atoms with Crippen molar-refractivity contribution in [3.05, 3.63) is 30.1 Å². The maximum absolute atomic E-state index is 5.45. The third-order valence-corrected chi connectivity index (χ3v) is 4.43. The van der Waals surface area contributed by atoms with Crippen molar-refractivity contribution in [1.29, 1.82) is 0 Å². The normalized spacial score (nSPS) is 14.4. The fourth-order valence-electron chi connectivity index (χ4n) is 2.21. The zero-order valence-electron chi connectivity index (χ0n) is 12.1. The minimum Gasteiger partial charge on any atom is -0.454 e. The summed E-state index contributed by atoms with van der Waals surface area (Å²) in [6.45, 7) is 3.31. The van der Waals surface area contributed by atoms with Gasteiger partial charge in [0, 0.05) is 18.8 Å². The predicted molar refractivity (Wildman–Crippen MR) is 80.7 cm³/mol. The first-order chi connectivity index (χ1) is 10.3. The van der Waals surface area contributed by atoms with E-state index in [-0.39, 0.29) is 6.04 Å². The summed E-state index contributed by atoms with van der Waals surface area (Å²) in [5.74, 6) is 2.51. The van der Waals surface area contributed by atoms with Gasteiger partial charge in [-0.05, 0) is 24.2 Å². The summed E-state index contributed by atoms with van der Waals surface area (Å²) in [7, 11) is 1.95. The lowest BCUT2D eigenvalue weighted by molar-refractivity contribution is 0.174. The highest BCUT2D eigenvalue weighted by Gasteiger charge is 2.18. The minimum atomic E-state index is 0.228. The van der Waals surface area contributed by atoms with Crippen LogP contribution >= 0.6 is 11.8 Å². The minimum absolute atomic E-state index is 0.228. The third-order valence-electron chi connectivity index (χ3n) is 3.30. The topological polar surface area (TPSA) is 61.2 Å². The molecule has 1 aliphatic rings. The lowest BCUT2D eigenvalue weighted by Gasteiger charge is -2.18. The van der Waals surface area contributed by atoms with Gasteiger partial charge in [0.05, 0.1) is 0 Å². The zero-order valence-corrected chi connectivity index (χ0v) is 12.9. The standard InChI is InChI=1S/C14H18N4O2S/c1-3-15-11(7-21-14-17-16-8-18(14)2)10-4-5-12-13(6-10)20-9-19-12/h4-6,8,11,15H,3,7,9H2,1-2H3. The number of thioether (sulfide) groups is 1. The van der Waals surface area contributed by atoms with Crippen LogP contribution in [0.25, 0.3) is 0 Å². The van der Waals surface area contributed by atoms with Gasteiger partial charge in [0.1, 0.15) is 6.33 Å². The van der Waals surface area contributed by atoms with Crippen molar-refractivity contribution in [2.45, 2.75) is 18.1 Å². The first-order valence-electron chi connectivity index (χ1n) is 6.87. The van der Waals surface area contributed by atoms with E-state index in [1.54, 1.807) is 18.1 Å². The average molecular weight is 306 g/mol. The van der Waals surface area contributed by atoms with E-state index in [0.717, 1.165) is 29.0 Å². The molecule has 1 aliphatic heterocycles. The molecule has 7 heteroatoms. The van der Waals surface area contributed by atoms with Crippen LogP contribution < -0.4 is 14.8 Å². The molecule has 0 aliphatic carbocycles. The van der Waals surface area contributed by atoms with Crippen molar-refractivity contribution in [2.75, 3.05) is 19.1 Å². The maximum atomic E-state index is 5.45. The fourth-order valence-corrected chi connectivity index (χ4v) is 3.19. The van der Waals surface area contributed by atoms with E-state index >= 15 is 0 Å². The SMILES string of the molecule is CCNC(CSc1nncn1C)c1ccc2c(c1)OCO2. The molecule has 2 aromatic rings. The van der Waals surface area contributed by atoms with Crippen LogP contribution in [0.1, 0.15) is 18.5 Å². The summed E-state index contributed by atoms with van der Waals surface area (Å²) in [6.07, 6.45) is 1.71. The van der Waals surface area contributed by atoms with E-state index in [9.17, 15) is 0 Å². The summed E-state index contributed by atoms with van der Waals surface area (Å²) < 4.78 is 12.7. The lowest BCUT2D eigenvalue weighted by Crippen LogP contribution is -2.23. The Labute approximate surface area is 127 Å². The Kier molecular flexibility index (Phi) is 4.31. The van der Waals surface area contributed by atoms with Crippen LogP contribution in [0.15, 0.2) is 29.7 Å². The molecule has 0 amide bonds. The summed E-state index contributed by atoms with van der Waals surface area (Å²) in [5.41, 5.74) is 1.19. The molecule has 0 bridgehead atoms. The Hall–Kier alpha value is -1.73. The monoisotopic (exact) mass is 306 g/mol. The van der Waals surface area contributed by atoms with Crippen LogP contribution in [0.2, 0.25) is 0 Å². The van der Waals surface area contributed by atoms with Gasteiger partial charge in [-0.2, -0.15) is 0 Å². The molecule has 1 atom stereocenters. The maximum Gasteiger partial charge on any atom is 0.231 e. The second-order valence-electron chi connectivity index (χ2n) is 4.76. The molecule has 1 aromatic heterocycles. The van der Waals surface area contributed by atoms with Crippen LogP contribution in [0, 0.1) is 0 Å². The van der Waals surface area contributed by atoms with Crippen LogP contribution in [-0.4, -0.2) is 33.9 Å². The molecule has 21 heavy (non-hydrogen) atoms. The van der Waals surface area contributed by atoms with Crippen molar-refractivity contribution < 1.29 is 9.47 Å². The molecular weight excluding hydrogens is 288 g/mol. The third kappa shape index (κ3) is 3.14. The number of hydrogen-bond acceptors (Lipinski definition) is 6. The molecular formula is C14H18N4O2S. The molecule has 1 unspecified atom stereocenters. The molecule has 112 valence electrons. The molecule has 0 saturated heterocycles. The first kappa shape index (κ1) is 14.2. The Bertz CT molecular complexity index is 617. The smallest absolute Gasteiger partial charge is 0.231 e. The van der Waals surface area contributed by atoms with Gasteiger partial charge in [-0.25, -0.2) is 0 Å². The van der Waals surface area contributed by atoms with Crippen molar-refractivity contribution >= 4 is 11.8 Å². The number of benzene rings is 1. The van der Waals surface area contributed by atoms with Crippen molar-refractivity contribution in [1.82, 2.24) is 20.1 Å². The Morgan fingerprint density at radius 3 is 3.00 bits per heavy atom. The average Bonchev–Trinajstić information content (AvgIpc) is 3.11. The summed E-state index contributed by atoms with van der Waals surface area (Å²) in [5, 5.41) is 12.4. The second kappa shape index (κ2) is 6.36. The zero-order chi connectivity index (χ0) is 14.7. The lowest BCUT2D eigenvalue weighted by atomic mass is 10.1. The van der Waals surface area contributed by atoms with Crippen LogP contribution in [-0.2, 0) is 7.05 Å². The predicted octanol–water partition coefficient (Wildman–Crippen LogP) is 1.99. The molecule has 0 radical (unpaired) electrons. The van der Waals surface area contributed by atoms with Crippen molar-refractivity contribution in [2.24, 2.45) is 7.05 Å². The van der Waals surface area contributed by atoms with E-state index in [1.807, 2.05) is 23.7 Å². The molecule has 6 nitrogen and oxygen atoms in total. The van der Waals surface area contributed by atoms with Gasteiger partial charge in [-0.15, -0.1) is 10.2 Å². The molecule has 1 N–H and O–H groups in total. The highest BCUT2D eigenvalue weighted by atomic mass is 32.2. The van der Waals surface area contributed by atoms with Gasteiger partial charge in [0.25, 0.3) is 0 Å². The van der Waals surface area contributed by atoms with Gasteiger partial charge in [-0.3, -0.25) is 0 Å². The first-order valence-corrected chi connectivity index (χ1v) is 7.86. The van der Waals surface area contributed by atoms with E-state index in [4.69, 9.17) is 9.47 Å². The molecule has 0 spiro atoms. The van der Waals surface area contributed by atoms with E-state index in [0.29, 0.717) is 6.79 Å². The molecule has 0 saturated carbocycles. The van der Waals surface area contributed by atoms with Gasteiger partial charge in [0.2, 0.25) is 6.79 Å². The van der Waals surface area contributed by atoms with Crippen molar-refractivity contribution in [3.63, 3.8) is 0 Å². The Morgan fingerprint density at radius 2 is 2.24 bits per heavy atom. The number of hydrogen-bond donors (Lipinski definition) is 1. The molecule has 3 rings (SSSR count). The number of aromatic nitrogens is 3. The summed E-state index contributed by atoms with van der Waals surface area (Å²) >= 11 is 1.68. The van der Waals surface area contributed by atoms with E-state index < -0.39 is 0 Å². The number of aryl methyl sites for hydroxylation is 1. The van der Waals surface area contributed by atoms with Crippen molar-refractivity contribution in [3.8, 4) is 11.5 Å². The quantitative estimate of drug-likeness (QED) is 0.824. The van der Waals surface area contributed by atoms with Gasteiger partial charge in [0.15, 0.2) is 16.7 Å². The molecule has 0 fully saturated rings. The molecule has 2 heterocycles. The van der Waals surface area contributed by atoms with E-state index in [1.165, 1.54) is 5.56 Å². The number of nitrogens with zero attached hydrogens (tertiary/aromatic N) is 3. The number of rotatable bonds is 6. The highest BCUT2D eigenvalue weighted by Crippen LogP contribution is 2.35. The van der Waals surface area contributed by atoms with Crippen LogP contribution in [0.5, 0.6) is 11.5 Å². The number of fused-ring (bicyclic) bond motifs is 1. The molecule has 1 aromatic carbocycles. The Morgan fingerprint density at radius 1 is 1.38 bits per heavy atom. The van der Waals surface area contributed by atoms with Gasteiger partial charge in [-0.1, -0.05) is 24.8 Å². The Balaban J connectivity index is 1.73. The summed E-state index contributed by atoms with van der Waals surface area (Å²) in [6, 6.07) is 6.33. The summed E-state index contributed by atoms with van der Waals surface area (Å²) in [4.78, 5) is 0. The van der Waals surface area contributed by atoms with Gasteiger partial charge >= 0.3 is 0 Å². The highest BCUT2D eigenvalue weighted by molar-refractivity contribution is 7.99. The number of ether oxygens (including phenoxy) is 2. The fraction of sp³-hybridized carbons (Fsp3) is 0.429. The van der Waals surface area contributed by atoms with Crippen LogP contribution in [0.4, 0.5) is 0 Å².